The highest BCUT2D eigenvalue weighted by atomic mass is 16.7. The second-order valence-corrected chi connectivity index (χ2v) is 10.4. The number of rotatable bonds is 13. The summed E-state index contributed by atoms with van der Waals surface area (Å²) in [6.45, 7) is 16.1. The van der Waals surface area contributed by atoms with Gasteiger partial charge in [-0.2, -0.15) is 0 Å². The van der Waals surface area contributed by atoms with Crippen LogP contribution < -0.4 is 15.2 Å². The summed E-state index contributed by atoms with van der Waals surface area (Å²) in [5, 5.41) is 9.73. The summed E-state index contributed by atoms with van der Waals surface area (Å²) in [6.07, 6.45) is -1.64. The molecule has 0 aliphatic carbocycles. The predicted octanol–water partition coefficient (Wildman–Crippen LogP) is 4.77. The topological polar surface area (TPSA) is 151 Å². The molecular weight excluding hydrogens is 494 g/mol. The molecule has 38 heavy (non-hydrogen) atoms. The van der Waals surface area contributed by atoms with Gasteiger partial charge in [0.25, 0.3) is 0 Å². The van der Waals surface area contributed by atoms with E-state index in [9.17, 15) is 24.3 Å². The van der Waals surface area contributed by atoms with Crippen molar-refractivity contribution in [3.05, 3.63) is 23.8 Å². The van der Waals surface area contributed by atoms with Crippen LogP contribution in [-0.2, 0) is 23.9 Å². The molecule has 10 heteroatoms. The van der Waals surface area contributed by atoms with Crippen molar-refractivity contribution in [1.82, 2.24) is 0 Å². The minimum Gasteiger partial charge on any atom is -0.480 e. The molecule has 0 spiro atoms. The number of benzene rings is 1. The van der Waals surface area contributed by atoms with Crippen LogP contribution in [0, 0.1) is 29.6 Å². The minimum absolute atomic E-state index is 0.00766. The molecule has 6 atom stereocenters. The fourth-order valence-corrected chi connectivity index (χ4v) is 3.54. The van der Waals surface area contributed by atoms with Gasteiger partial charge in [0.15, 0.2) is 11.5 Å². The van der Waals surface area contributed by atoms with Gasteiger partial charge in [0.1, 0.15) is 12.1 Å². The number of carbonyl (C=O) groups excluding carboxylic acids is 3. The second-order valence-electron chi connectivity index (χ2n) is 10.4. The van der Waals surface area contributed by atoms with E-state index in [1.165, 1.54) is 12.1 Å². The highest BCUT2D eigenvalue weighted by molar-refractivity contribution is 5.79. The first kappa shape index (κ1) is 32.9. The molecule has 0 aliphatic rings. The monoisotopic (exact) mass is 537 g/mol. The van der Waals surface area contributed by atoms with Crippen molar-refractivity contribution in [3.8, 4) is 11.5 Å². The number of carboxylic acid groups (broad SMARTS) is 1. The smallest absolute Gasteiger partial charge is 0.480 e. The molecule has 1 aromatic carbocycles. The first-order valence-electron chi connectivity index (χ1n) is 13.0. The maximum atomic E-state index is 12.8. The van der Waals surface area contributed by atoms with Gasteiger partial charge in [-0.1, -0.05) is 54.5 Å². The lowest BCUT2D eigenvalue weighted by Gasteiger charge is -2.31. The summed E-state index contributed by atoms with van der Waals surface area (Å²) >= 11 is 0. The van der Waals surface area contributed by atoms with Gasteiger partial charge in [0.05, 0.1) is 18.4 Å². The predicted molar refractivity (Wildman–Crippen MR) is 141 cm³/mol. The molecule has 5 unspecified atom stereocenters. The van der Waals surface area contributed by atoms with Crippen LogP contribution in [0.15, 0.2) is 18.2 Å². The van der Waals surface area contributed by atoms with Crippen molar-refractivity contribution in [2.24, 2.45) is 35.3 Å². The Kier molecular flexibility index (Phi) is 12.7. The zero-order valence-corrected chi connectivity index (χ0v) is 23.8. The molecule has 0 amide bonds. The van der Waals surface area contributed by atoms with Gasteiger partial charge in [-0.3, -0.25) is 14.4 Å². The first-order chi connectivity index (χ1) is 17.6. The van der Waals surface area contributed by atoms with Crippen molar-refractivity contribution in [3.63, 3.8) is 0 Å². The Morgan fingerprint density at radius 2 is 1.34 bits per heavy atom. The molecule has 1 rings (SSSR count). The Balaban J connectivity index is 3.55. The van der Waals surface area contributed by atoms with Crippen LogP contribution in [-0.4, -0.2) is 47.9 Å². The number of hydrogen-bond donors (Lipinski definition) is 2. The molecule has 0 aromatic heterocycles. The van der Waals surface area contributed by atoms with E-state index in [4.69, 9.17) is 24.7 Å². The third-order valence-corrected chi connectivity index (χ3v) is 7.04. The second kappa shape index (κ2) is 14.7. The van der Waals surface area contributed by atoms with Gasteiger partial charge in [-0.25, -0.2) is 4.79 Å². The van der Waals surface area contributed by atoms with Crippen molar-refractivity contribution < 1.29 is 43.2 Å². The van der Waals surface area contributed by atoms with Crippen molar-refractivity contribution >= 4 is 24.1 Å². The zero-order valence-electron chi connectivity index (χ0n) is 23.8. The molecule has 1 aromatic rings. The van der Waals surface area contributed by atoms with Crippen LogP contribution in [0.25, 0.3) is 0 Å². The third-order valence-electron chi connectivity index (χ3n) is 7.04. The highest BCUT2D eigenvalue weighted by Crippen LogP contribution is 2.38. The molecule has 0 saturated heterocycles. The van der Waals surface area contributed by atoms with Gasteiger partial charge in [0.2, 0.25) is 0 Å². The molecule has 0 aliphatic heterocycles. The Hall–Kier alpha value is -3.14. The molecule has 0 fully saturated rings. The van der Waals surface area contributed by atoms with E-state index >= 15 is 0 Å². The molecular formula is C28H43NO9. The van der Waals surface area contributed by atoms with E-state index in [-0.39, 0.29) is 29.9 Å². The van der Waals surface area contributed by atoms with Crippen molar-refractivity contribution in [2.75, 3.05) is 6.61 Å². The lowest BCUT2D eigenvalue weighted by atomic mass is 9.79. The number of nitrogens with two attached hydrogens (primary N) is 1. The lowest BCUT2D eigenvalue weighted by Crippen LogP contribution is -2.42. The molecule has 0 radical (unpaired) electrons. The Bertz CT molecular complexity index is 975. The van der Waals surface area contributed by atoms with Crippen LogP contribution in [0.3, 0.4) is 0 Å². The maximum absolute atomic E-state index is 12.8. The van der Waals surface area contributed by atoms with Crippen molar-refractivity contribution in [1.29, 1.82) is 0 Å². The molecule has 214 valence electrons. The lowest BCUT2D eigenvalue weighted by molar-refractivity contribution is -0.142. The third kappa shape index (κ3) is 9.01. The standard InChI is InChI=1S/C28H43NO9/c1-10-35-28(34)36-19(9)18(8)23(24(29)25(30)31)20-11-12-21(37-26(32)16(6)14(2)3)22(13-20)38-27(33)17(7)15(4)5/h11-19,23-24H,10,29H2,1-9H3,(H,30,31)/t16?,17?,18?,19?,23?,24-/m0/s1. The zero-order chi connectivity index (χ0) is 29.3. The van der Waals surface area contributed by atoms with Crippen LogP contribution >= 0.6 is 0 Å². The molecule has 10 nitrogen and oxygen atoms in total. The number of carboxylic acids is 1. The number of esters is 2. The van der Waals surface area contributed by atoms with E-state index in [1.807, 2.05) is 27.7 Å². The Morgan fingerprint density at radius 3 is 1.79 bits per heavy atom. The summed E-state index contributed by atoms with van der Waals surface area (Å²) in [5.41, 5.74) is 6.49. The van der Waals surface area contributed by atoms with Crippen LogP contribution in [0.5, 0.6) is 11.5 Å². The highest BCUT2D eigenvalue weighted by Gasteiger charge is 2.36. The Morgan fingerprint density at radius 1 is 0.842 bits per heavy atom. The van der Waals surface area contributed by atoms with Gasteiger partial charge in [0, 0.05) is 11.8 Å². The van der Waals surface area contributed by atoms with Crippen LogP contribution in [0.1, 0.15) is 73.8 Å². The minimum atomic E-state index is -1.38. The van der Waals surface area contributed by atoms with E-state index in [0.29, 0.717) is 5.56 Å². The average Bonchev–Trinajstić information content (AvgIpc) is 2.83. The van der Waals surface area contributed by atoms with Gasteiger partial charge >= 0.3 is 24.1 Å². The quantitative estimate of drug-likeness (QED) is 0.266. The fraction of sp³-hybridized carbons (Fsp3) is 0.643. The SMILES string of the molecule is CCOC(=O)OC(C)C(C)C(c1ccc(OC(=O)C(C)C(C)C)c(OC(=O)C(C)C(C)C)c1)[C@H](N)C(=O)O. The number of ether oxygens (including phenoxy) is 4. The van der Waals surface area contributed by atoms with Gasteiger partial charge < -0.3 is 29.8 Å². The average molecular weight is 538 g/mol. The van der Waals surface area contributed by atoms with Crippen molar-refractivity contribution in [2.45, 2.75) is 80.4 Å². The Labute approximate surface area is 225 Å². The summed E-state index contributed by atoms with van der Waals surface area (Å²) in [6, 6.07) is 3.08. The summed E-state index contributed by atoms with van der Waals surface area (Å²) in [4.78, 5) is 49.3. The number of aliphatic carboxylic acids is 1. The van der Waals surface area contributed by atoms with E-state index in [0.717, 1.165) is 0 Å². The van der Waals surface area contributed by atoms with Gasteiger partial charge in [-0.15, -0.1) is 0 Å². The van der Waals surface area contributed by atoms with E-state index in [2.05, 4.69) is 0 Å². The largest absolute Gasteiger partial charge is 0.508 e. The fourth-order valence-electron chi connectivity index (χ4n) is 3.54. The number of carbonyl (C=O) groups is 4. The summed E-state index contributed by atoms with van der Waals surface area (Å²) in [7, 11) is 0. The van der Waals surface area contributed by atoms with Crippen LogP contribution in [0.4, 0.5) is 4.79 Å². The van der Waals surface area contributed by atoms with Crippen LogP contribution in [0.2, 0.25) is 0 Å². The van der Waals surface area contributed by atoms with E-state index in [1.54, 1.807) is 40.7 Å². The summed E-state index contributed by atoms with van der Waals surface area (Å²) in [5.74, 6) is -4.59. The first-order valence-corrected chi connectivity index (χ1v) is 13.0. The summed E-state index contributed by atoms with van der Waals surface area (Å²) < 4.78 is 21.4. The van der Waals surface area contributed by atoms with Gasteiger partial charge in [-0.05, 0) is 43.4 Å². The molecule has 0 bridgehead atoms. The molecule has 0 heterocycles. The molecule has 0 saturated carbocycles. The molecule has 3 N–H and O–H groups in total. The van der Waals surface area contributed by atoms with E-state index < -0.39 is 59.9 Å². The normalized spacial score (nSPS) is 16.1. The number of hydrogen-bond acceptors (Lipinski definition) is 9. The maximum Gasteiger partial charge on any atom is 0.508 e.